The second-order valence-corrected chi connectivity index (χ2v) is 5.85. The molecule has 0 aliphatic heterocycles. The average Bonchev–Trinajstić information content (AvgIpc) is 2.70. The van der Waals surface area contributed by atoms with Crippen molar-refractivity contribution in [2.24, 2.45) is 5.92 Å². The van der Waals surface area contributed by atoms with Gasteiger partial charge in [-0.1, -0.05) is 60.5 Å². The maximum absolute atomic E-state index is 13.0. The van der Waals surface area contributed by atoms with Crippen LogP contribution in [-0.4, -0.2) is 25.4 Å². The number of amides is 2. The van der Waals surface area contributed by atoms with Crippen LogP contribution in [0.3, 0.4) is 0 Å². The monoisotopic (exact) mass is 346 g/mol. The number of rotatable bonds is 6. The van der Waals surface area contributed by atoms with Gasteiger partial charge in [0.2, 0.25) is 11.8 Å². The molecule has 2 aromatic rings. The average molecular weight is 346 g/mol. The molecule has 1 N–H and O–H groups in total. The van der Waals surface area contributed by atoms with Crippen LogP contribution in [0.15, 0.2) is 66.7 Å². The normalized spacial score (nSPS) is 12.0. The number of terminal acetylenes is 1. The lowest BCUT2D eigenvalue weighted by Gasteiger charge is -2.22. The van der Waals surface area contributed by atoms with Gasteiger partial charge >= 0.3 is 0 Å². The van der Waals surface area contributed by atoms with Crippen molar-refractivity contribution < 1.29 is 9.59 Å². The van der Waals surface area contributed by atoms with Gasteiger partial charge in [0.1, 0.15) is 5.92 Å². The number of hydrogen-bond donors (Lipinski definition) is 1. The van der Waals surface area contributed by atoms with E-state index in [1.165, 1.54) is 4.90 Å². The molecule has 26 heavy (non-hydrogen) atoms. The molecule has 2 rings (SSSR count). The highest BCUT2D eigenvalue weighted by Crippen LogP contribution is 2.20. The molecular formula is C22H22N2O2. The number of nitrogens with zero attached hydrogens (tertiary/aromatic N) is 1. The lowest BCUT2D eigenvalue weighted by Crippen LogP contribution is -2.41. The van der Waals surface area contributed by atoms with E-state index >= 15 is 0 Å². The standard InChI is InChI=1S/C22H22N2O2/c1-4-15-23-21(25)20(16-17(2)18-11-7-5-8-12-18)22(26)24(3)19-13-9-6-10-14-19/h1,5-14,16,20H,15H2,2-3H3,(H,23,25)/b17-16+. The Kier molecular flexibility index (Phi) is 6.75. The molecule has 0 spiro atoms. The van der Waals surface area contributed by atoms with Gasteiger partial charge in [0, 0.05) is 12.7 Å². The minimum atomic E-state index is -0.964. The smallest absolute Gasteiger partial charge is 0.243 e. The lowest BCUT2D eigenvalue weighted by molar-refractivity contribution is -0.131. The first kappa shape index (κ1) is 19.0. The summed E-state index contributed by atoms with van der Waals surface area (Å²) in [5, 5.41) is 2.61. The van der Waals surface area contributed by atoms with Crippen LogP contribution in [0.1, 0.15) is 12.5 Å². The third-order valence-electron chi connectivity index (χ3n) is 4.03. The molecule has 2 aromatic carbocycles. The molecule has 0 saturated carbocycles. The fourth-order valence-electron chi connectivity index (χ4n) is 2.54. The molecule has 0 fully saturated rings. The van der Waals surface area contributed by atoms with Gasteiger partial charge in [0.15, 0.2) is 0 Å². The largest absolute Gasteiger partial charge is 0.344 e. The SMILES string of the molecule is C#CCNC(=O)C(/C=C(\C)c1ccccc1)C(=O)N(C)c1ccccc1. The van der Waals surface area contributed by atoms with Crippen molar-refractivity contribution in [3.63, 3.8) is 0 Å². The number of hydrogen-bond acceptors (Lipinski definition) is 2. The highest BCUT2D eigenvalue weighted by molar-refractivity contribution is 6.09. The predicted molar refractivity (Wildman–Crippen MR) is 105 cm³/mol. The number of anilines is 1. The molecule has 2 amide bonds. The van der Waals surface area contributed by atoms with Gasteiger partial charge in [0.05, 0.1) is 6.54 Å². The molecule has 0 heterocycles. The number of para-hydroxylation sites is 1. The van der Waals surface area contributed by atoms with Gasteiger partial charge in [-0.05, 0) is 30.2 Å². The van der Waals surface area contributed by atoms with Crippen LogP contribution in [0, 0.1) is 18.3 Å². The zero-order valence-corrected chi connectivity index (χ0v) is 15.0. The number of benzene rings is 2. The molecular weight excluding hydrogens is 324 g/mol. The molecule has 0 radical (unpaired) electrons. The molecule has 0 aliphatic rings. The minimum absolute atomic E-state index is 0.0793. The van der Waals surface area contributed by atoms with E-state index in [1.807, 2.05) is 67.6 Å². The van der Waals surface area contributed by atoms with Crippen molar-refractivity contribution in [1.29, 1.82) is 0 Å². The topological polar surface area (TPSA) is 49.4 Å². The number of nitrogens with one attached hydrogen (secondary N) is 1. The molecule has 1 unspecified atom stereocenters. The van der Waals surface area contributed by atoms with Crippen molar-refractivity contribution in [3.8, 4) is 12.3 Å². The van der Waals surface area contributed by atoms with Gasteiger partial charge in [-0.2, -0.15) is 0 Å². The molecule has 132 valence electrons. The van der Waals surface area contributed by atoms with Crippen molar-refractivity contribution >= 4 is 23.1 Å². The van der Waals surface area contributed by atoms with Crippen molar-refractivity contribution in [2.45, 2.75) is 6.92 Å². The Morgan fingerprint density at radius 2 is 1.69 bits per heavy atom. The Hall–Kier alpha value is -3.32. The number of allylic oxidation sites excluding steroid dienone is 1. The molecule has 0 bridgehead atoms. The van der Waals surface area contributed by atoms with Crippen molar-refractivity contribution in [3.05, 3.63) is 72.3 Å². The van der Waals surface area contributed by atoms with Gasteiger partial charge in [0.25, 0.3) is 0 Å². The van der Waals surface area contributed by atoms with Crippen LogP contribution >= 0.6 is 0 Å². The van der Waals surface area contributed by atoms with Gasteiger partial charge in [-0.15, -0.1) is 6.42 Å². The van der Waals surface area contributed by atoms with Crippen molar-refractivity contribution in [1.82, 2.24) is 5.32 Å². The van der Waals surface area contributed by atoms with E-state index in [0.717, 1.165) is 16.8 Å². The quantitative estimate of drug-likeness (QED) is 0.645. The third-order valence-corrected chi connectivity index (χ3v) is 4.03. The van der Waals surface area contributed by atoms with E-state index in [2.05, 4.69) is 11.2 Å². The Labute approximate surface area is 154 Å². The molecule has 0 aromatic heterocycles. The van der Waals surface area contributed by atoms with Crippen LogP contribution in [0.25, 0.3) is 5.57 Å². The van der Waals surface area contributed by atoms with E-state index in [0.29, 0.717) is 0 Å². The first-order valence-corrected chi connectivity index (χ1v) is 8.32. The summed E-state index contributed by atoms with van der Waals surface area (Å²) in [5.74, 6) is 0.667. The summed E-state index contributed by atoms with van der Waals surface area (Å²) in [5.41, 5.74) is 2.52. The Morgan fingerprint density at radius 1 is 1.12 bits per heavy atom. The van der Waals surface area contributed by atoms with Gasteiger partial charge in [-0.25, -0.2) is 0 Å². The maximum atomic E-state index is 13.0. The fourth-order valence-corrected chi connectivity index (χ4v) is 2.54. The van der Waals surface area contributed by atoms with Gasteiger partial charge in [-0.3, -0.25) is 9.59 Å². The summed E-state index contributed by atoms with van der Waals surface area (Å²) in [6.07, 6.45) is 6.90. The maximum Gasteiger partial charge on any atom is 0.243 e. The lowest BCUT2D eigenvalue weighted by atomic mass is 9.99. The second-order valence-electron chi connectivity index (χ2n) is 5.85. The van der Waals surface area contributed by atoms with Crippen molar-refractivity contribution in [2.75, 3.05) is 18.5 Å². The summed E-state index contributed by atoms with van der Waals surface area (Å²) in [6, 6.07) is 18.8. The zero-order valence-electron chi connectivity index (χ0n) is 15.0. The van der Waals surface area contributed by atoms with Crippen LogP contribution in [0.5, 0.6) is 0 Å². The van der Waals surface area contributed by atoms with E-state index in [1.54, 1.807) is 13.1 Å². The van der Waals surface area contributed by atoms with Crippen LogP contribution in [0.2, 0.25) is 0 Å². The molecule has 4 nitrogen and oxygen atoms in total. The molecule has 1 atom stereocenters. The van der Waals surface area contributed by atoms with Crippen LogP contribution in [-0.2, 0) is 9.59 Å². The minimum Gasteiger partial charge on any atom is -0.344 e. The number of carbonyl (C=O) groups excluding carboxylic acids is 2. The highest BCUT2D eigenvalue weighted by Gasteiger charge is 2.28. The summed E-state index contributed by atoms with van der Waals surface area (Å²) in [4.78, 5) is 27.0. The van der Waals surface area contributed by atoms with Crippen LogP contribution < -0.4 is 10.2 Å². The van der Waals surface area contributed by atoms with E-state index in [9.17, 15) is 9.59 Å². The Bertz CT molecular complexity index is 820. The summed E-state index contributed by atoms with van der Waals surface area (Å²) < 4.78 is 0. The molecule has 0 saturated heterocycles. The fraction of sp³-hybridized carbons (Fsp3) is 0.182. The first-order valence-electron chi connectivity index (χ1n) is 8.32. The van der Waals surface area contributed by atoms with E-state index < -0.39 is 11.8 Å². The van der Waals surface area contributed by atoms with Crippen LogP contribution in [0.4, 0.5) is 5.69 Å². The van der Waals surface area contributed by atoms with E-state index in [-0.39, 0.29) is 12.5 Å². The Balaban J connectivity index is 2.33. The number of carbonyl (C=O) groups is 2. The Morgan fingerprint density at radius 3 is 2.27 bits per heavy atom. The predicted octanol–water partition coefficient (Wildman–Crippen LogP) is 3.12. The second kappa shape index (κ2) is 9.24. The molecule has 4 heteroatoms. The first-order chi connectivity index (χ1) is 12.5. The summed E-state index contributed by atoms with van der Waals surface area (Å²) >= 11 is 0. The van der Waals surface area contributed by atoms with E-state index in [4.69, 9.17) is 6.42 Å². The highest BCUT2D eigenvalue weighted by atomic mass is 16.2. The van der Waals surface area contributed by atoms with Gasteiger partial charge < -0.3 is 10.2 Å². The third kappa shape index (κ3) is 4.84. The summed E-state index contributed by atoms with van der Waals surface area (Å²) in [6.45, 7) is 1.96. The zero-order chi connectivity index (χ0) is 18.9. The molecule has 0 aliphatic carbocycles. The summed E-state index contributed by atoms with van der Waals surface area (Å²) in [7, 11) is 1.66.